The first-order valence-electron chi connectivity index (χ1n) is 6.33. The zero-order chi connectivity index (χ0) is 12.4. The van der Waals surface area contributed by atoms with Crippen LogP contribution in [0.3, 0.4) is 0 Å². The summed E-state index contributed by atoms with van der Waals surface area (Å²) >= 11 is 0. The number of nitrogens with two attached hydrogens (primary N) is 1. The molecule has 1 aromatic rings. The van der Waals surface area contributed by atoms with E-state index < -0.39 is 0 Å². The van der Waals surface area contributed by atoms with Gasteiger partial charge < -0.3 is 5.73 Å². The van der Waals surface area contributed by atoms with E-state index in [1.807, 2.05) is 12.1 Å². The average molecular weight is 236 g/mol. The topological polar surface area (TPSA) is 29.3 Å². The first kappa shape index (κ1) is 12.5. The minimum Gasteiger partial charge on any atom is -0.326 e. The molecule has 0 aliphatic carbocycles. The molecule has 2 atom stereocenters. The summed E-state index contributed by atoms with van der Waals surface area (Å²) in [5.74, 6) is 0.443. The van der Waals surface area contributed by atoms with E-state index in [1.165, 1.54) is 12.1 Å². The number of nitrogens with zero attached hydrogens (tertiary/aromatic N) is 1. The fourth-order valence-electron chi connectivity index (χ4n) is 2.67. The molecule has 2 unspecified atom stereocenters. The summed E-state index contributed by atoms with van der Waals surface area (Å²) < 4.78 is 12.9. The molecule has 0 aromatic heterocycles. The maximum absolute atomic E-state index is 12.9. The molecule has 1 aliphatic heterocycles. The number of hydrogen-bond acceptors (Lipinski definition) is 2. The Balaban J connectivity index is 2.18. The van der Waals surface area contributed by atoms with Gasteiger partial charge in [0.2, 0.25) is 0 Å². The van der Waals surface area contributed by atoms with Gasteiger partial charge >= 0.3 is 0 Å². The van der Waals surface area contributed by atoms with Crippen LogP contribution < -0.4 is 5.73 Å². The molecule has 17 heavy (non-hydrogen) atoms. The quantitative estimate of drug-likeness (QED) is 0.874. The molecular weight excluding hydrogens is 215 g/mol. The van der Waals surface area contributed by atoms with Crippen molar-refractivity contribution in [2.24, 2.45) is 11.7 Å². The Hall–Kier alpha value is -0.930. The summed E-state index contributed by atoms with van der Waals surface area (Å²) in [5, 5.41) is 0. The third-order valence-electron chi connectivity index (χ3n) is 3.36. The highest BCUT2D eigenvalue weighted by Crippen LogP contribution is 2.31. The Morgan fingerprint density at radius 1 is 1.35 bits per heavy atom. The van der Waals surface area contributed by atoms with Crippen LogP contribution in [0.2, 0.25) is 0 Å². The van der Waals surface area contributed by atoms with Gasteiger partial charge in [0.1, 0.15) is 5.82 Å². The van der Waals surface area contributed by atoms with Crippen molar-refractivity contribution in [1.82, 2.24) is 4.90 Å². The van der Waals surface area contributed by atoms with Crippen LogP contribution in [0.4, 0.5) is 4.39 Å². The van der Waals surface area contributed by atoms with Crippen LogP contribution in [0.15, 0.2) is 24.3 Å². The Morgan fingerprint density at radius 2 is 2.00 bits per heavy atom. The van der Waals surface area contributed by atoms with Gasteiger partial charge in [0.25, 0.3) is 0 Å². The second kappa shape index (κ2) is 5.15. The highest BCUT2D eigenvalue weighted by atomic mass is 19.1. The van der Waals surface area contributed by atoms with Gasteiger partial charge in [-0.05, 0) is 30.0 Å². The third kappa shape index (κ3) is 2.85. The zero-order valence-corrected chi connectivity index (χ0v) is 10.6. The molecule has 0 radical (unpaired) electrons. The lowest BCUT2D eigenvalue weighted by Crippen LogP contribution is -2.33. The maximum atomic E-state index is 12.9. The van der Waals surface area contributed by atoms with Crippen molar-refractivity contribution in [3.63, 3.8) is 0 Å². The Labute approximate surface area is 103 Å². The summed E-state index contributed by atoms with van der Waals surface area (Å²) in [6.07, 6.45) is 1.02. The molecular formula is C14H21FN2. The van der Waals surface area contributed by atoms with Crippen LogP contribution in [0.1, 0.15) is 31.9 Å². The molecule has 2 N–H and O–H groups in total. The second-order valence-electron chi connectivity index (χ2n) is 5.34. The van der Waals surface area contributed by atoms with Gasteiger partial charge in [-0.2, -0.15) is 0 Å². The fourth-order valence-corrected chi connectivity index (χ4v) is 2.67. The van der Waals surface area contributed by atoms with Gasteiger partial charge in [-0.1, -0.05) is 26.0 Å². The van der Waals surface area contributed by atoms with E-state index in [1.54, 1.807) is 0 Å². The summed E-state index contributed by atoms with van der Waals surface area (Å²) in [6, 6.07) is 7.18. The van der Waals surface area contributed by atoms with E-state index in [2.05, 4.69) is 18.7 Å². The number of benzene rings is 1. The number of rotatable bonds is 3. The van der Waals surface area contributed by atoms with Gasteiger partial charge in [-0.3, -0.25) is 4.90 Å². The summed E-state index contributed by atoms with van der Waals surface area (Å²) in [7, 11) is 0. The maximum Gasteiger partial charge on any atom is 0.123 e. The number of halogens is 1. The van der Waals surface area contributed by atoms with Crippen molar-refractivity contribution in [2.45, 2.75) is 32.4 Å². The predicted molar refractivity (Wildman–Crippen MR) is 68.1 cm³/mol. The van der Waals surface area contributed by atoms with E-state index in [0.717, 1.165) is 25.1 Å². The molecule has 1 aromatic carbocycles. The Bertz CT molecular complexity index is 361. The molecule has 94 valence electrons. The van der Waals surface area contributed by atoms with Crippen molar-refractivity contribution < 1.29 is 4.39 Å². The molecule has 0 saturated carbocycles. The molecule has 1 heterocycles. The van der Waals surface area contributed by atoms with Crippen LogP contribution in [-0.4, -0.2) is 24.0 Å². The van der Waals surface area contributed by atoms with Crippen molar-refractivity contribution in [3.05, 3.63) is 35.6 Å². The van der Waals surface area contributed by atoms with Crippen molar-refractivity contribution >= 4 is 0 Å². The summed E-state index contributed by atoms with van der Waals surface area (Å²) in [6.45, 7) is 6.52. The minimum atomic E-state index is -0.185. The first-order chi connectivity index (χ1) is 8.08. The lowest BCUT2D eigenvalue weighted by Gasteiger charge is -2.28. The van der Waals surface area contributed by atoms with E-state index in [9.17, 15) is 4.39 Å². The molecule has 1 saturated heterocycles. The fraction of sp³-hybridized carbons (Fsp3) is 0.571. The van der Waals surface area contributed by atoms with Crippen LogP contribution in [0.25, 0.3) is 0 Å². The highest BCUT2D eigenvalue weighted by Gasteiger charge is 2.32. The Morgan fingerprint density at radius 3 is 2.59 bits per heavy atom. The van der Waals surface area contributed by atoms with Crippen molar-refractivity contribution in [1.29, 1.82) is 0 Å². The largest absolute Gasteiger partial charge is 0.326 e. The van der Waals surface area contributed by atoms with Crippen LogP contribution in [-0.2, 0) is 0 Å². The zero-order valence-electron chi connectivity index (χ0n) is 10.6. The van der Waals surface area contributed by atoms with E-state index in [0.29, 0.717) is 5.92 Å². The van der Waals surface area contributed by atoms with E-state index in [-0.39, 0.29) is 17.9 Å². The SMILES string of the molecule is CC(C)CN1CCC(N)C1c1ccc(F)cc1. The molecule has 0 bridgehead atoms. The smallest absolute Gasteiger partial charge is 0.123 e. The molecule has 2 rings (SSSR count). The van der Waals surface area contributed by atoms with Gasteiger partial charge in [-0.15, -0.1) is 0 Å². The van der Waals surface area contributed by atoms with Gasteiger partial charge in [0, 0.05) is 25.2 Å². The highest BCUT2D eigenvalue weighted by molar-refractivity contribution is 5.23. The molecule has 0 spiro atoms. The molecule has 1 fully saturated rings. The van der Waals surface area contributed by atoms with Gasteiger partial charge in [0.15, 0.2) is 0 Å². The molecule has 2 nitrogen and oxygen atoms in total. The minimum absolute atomic E-state index is 0.166. The second-order valence-corrected chi connectivity index (χ2v) is 5.34. The van der Waals surface area contributed by atoms with Crippen molar-refractivity contribution in [2.75, 3.05) is 13.1 Å². The average Bonchev–Trinajstić information content (AvgIpc) is 2.61. The van der Waals surface area contributed by atoms with E-state index in [4.69, 9.17) is 5.73 Å². The van der Waals surface area contributed by atoms with Gasteiger partial charge in [-0.25, -0.2) is 4.39 Å². The monoisotopic (exact) mass is 236 g/mol. The standard InChI is InChI=1S/C14H21FN2/c1-10(2)9-17-8-7-13(16)14(17)11-3-5-12(15)6-4-11/h3-6,10,13-14H,7-9,16H2,1-2H3. The number of hydrogen-bond donors (Lipinski definition) is 1. The summed E-state index contributed by atoms with van der Waals surface area (Å²) in [4.78, 5) is 2.42. The third-order valence-corrected chi connectivity index (χ3v) is 3.36. The normalized spacial score (nSPS) is 25.7. The van der Waals surface area contributed by atoms with Crippen molar-refractivity contribution in [3.8, 4) is 0 Å². The lowest BCUT2D eigenvalue weighted by molar-refractivity contribution is 0.221. The molecule has 1 aliphatic rings. The number of likely N-dealkylation sites (tertiary alicyclic amines) is 1. The van der Waals surface area contributed by atoms with Gasteiger partial charge in [0.05, 0.1) is 0 Å². The predicted octanol–water partition coefficient (Wildman–Crippen LogP) is 2.56. The molecule has 3 heteroatoms. The summed E-state index contributed by atoms with van der Waals surface area (Å²) in [5.41, 5.74) is 7.32. The lowest BCUT2D eigenvalue weighted by atomic mass is 10.0. The first-order valence-corrected chi connectivity index (χ1v) is 6.33. The van der Waals surface area contributed by atoms with E-state index >= 15 is 0 Å². The Kier molecular flexibility index (Phi) is 3.79. The van der Waals surface area contributed by atoms with Crippen LogP contribution in [0, 0.1) is 11.7 Å². The molecule has 0 amide bonds. The van der Waals surface area contributed by atoms with Crippen LogP contribution >= 0.6 is 0 Å². The van der Waals surface area contributed by atoms with Crippen LogP contribution in [0.5, 0.6) is 0 Å².